The molecule has 1 aliphatic rings. The highest BCUT2D eigenvalue weighted by Gasteiger charge is 2.15. The van der Waals surface area contributed by atoms with Crippen LogP contribution in [-0.4, -0.2) is 19.1 Å². The molecule has 0 spiro atoms. The van der Waals surface area contributed by atoms with E-state index >= 15 is 0 Å². The van der Waals surface area contributed by atoms with Gasteiger partial charge in [-0.15, -0.1) is 0 Å². The van der Waals surface area contributed by atoms with Gasteiger partial charge in [0.2, 0.25) is 0 Å². The first-order valence-electron chi connectivity index (χ1n) is 7.22. The smallest absolute Gasteiger partial charge is 0.0369 e. The molecule has 0 aromatic heterocycles. The summed E-state index contributed by atoms with van der Waals surface area (Å²) in [6.45, 7) is 10.1. The maximum Gasteiger partial charge on any atom is 0.0369 e. The first-order valence-corrected chi connectivity index (χ1v) is 7.22. The second kappa shape index (κ2) is 6.24. The summed E-state index contributed by atoms with van der Waals surface area (Å²) < 4.78 is 0. The van der Waals surface area contributed by atoms with E-state index in [0.717, 1.165) is 12.5 Å². The summed E-state index contributed by atoms with van der Waals surface area (Å²) in [6.07, 6.45) is 2.66. The summed E-state index contributed by atoms with van der Waals surface area (Å²) in [4.78, 5) is 2.53. The van der Waals surface area contributed by atoms with Crippen LogP contribution >= 0.6 is 0 Å². The normalized spacial score (nSPS) is 17.4. The molecule has 100 valence electrons. The molecule has 0 radical (unpaired) electrons. The minimum atomic E-state index is 0.546. The van der Waals surface area contributed by atoms with E-state index in [1.165, 1.54) is 37.2 Å². The lowest BCUT2D eigenvalue weighted by molar-refractivity contribution is 0.438. The highest BCUT2D eigenvalue weighted by Crippen LogP contribution is 2.23. The van der Waals surface area contributed by atoms with Crippen molar-refractivity contribution in [3.63, 3.8) is 0 Å². The van der Waals surface area contributed by atoms with Gasteiger partial charge in [0, 0.05) is 31.4 Å². The Balaban J connectivity index is 1.98. The van der Waals surface area contributed by atoms with Crippen LogP contribution in [0.2, 0.25) is 0 Å². The molecule has 1 aliphatic heterocycles. The van der Waals surface area contributed by atoms with E-state index in [1.807, 2.05) is 0 Å². The molecule has 1 aromatic rings. The lowest BCUT2D eigenvalue weighted by Crippen LogP contribution is -2.32. The van der Waals surface area contributed by atoms with Gasteiger partial charge < -0.3 is 10.2 Å². The monoisotopic (exact) mass is 246 g/mol. The van der Waals surface area contributed by atoms with Gasteiger partial charge in [-0.1, -0.05) is 32.9 Å². The molecule has 0 unspecified atom stereocenters. The molecule has 0 aliphatic carbocycles. The van der Waals surface area contributed by atoms with Crippen molar-refractivity contribution in [2.45, 2.75) is 46.2 Å². The highest BCUT2D eigenvalue weighted by molar-refractivity contribution is 5.48. The number of hydrogen-bond acceptors (Lipinski definition) is 2. The fourth-order valence-electron chi connectivity index (χ4n) is 2.45. The van der Waals surface area contributed by atoms with Crippen LogP contribution in [-0.2, 0) is 6.54 Å². The highest BCUT2D eigenvalue weighted by atomic mass is 15.1. The van der Waals surface area contributed by atoms with Crippen LogP contribution in [0.1, 0.15) is 39.2 Å². The maximum atomic E-state index is 3.48. The van der Waals surface area contributed by atoms with Crippen molar-refractivity contribution in [3.8, 4) is 0 Å². The lowest BCUT2D eigenvalue weighted by Gasteiger charge is -2.32. The zero-order valence-electron chi connectivity index (χ0n) is 11.9. The fraction of sp³-hybridized carbons (Fsp3) is 0.625. The quantitative estimate of drug-likeness (QED) is 0.875. The molecule has 18 heavy (non-hydrogen) atoms. The summed E-state index contributed by atoms with van der Waals surface area (Å²) in [5.74, 6) is 0.895. The largest absolute Gasteiger partial charge is 0.372 e. The SMILES string of the molecule is CC1CCN(c2cccc(CNC(C)C)c2)CC1. The number of benzene rings is 1. The molecule has 1 aromatic carbocycles. The third kappa shape index (κ3) is 3.74. The van der Waals surface area contributed by atoms with Gasteiger partial charge in [0.25, 0.3) is 0 Å². The van der Waals surface area contributed by atoms with Crippen LogP contribution in [0.5, 0.6) is 0 Å². The Kier molecular flexibility index (Phi) is 4.65. The minimum Gasteiger partial charge on any atom is -0.372 e. The average molecular weight is 246 g/mol. The van der Waals surface area contributed by atoms with E-state index in [1.54, 1.807) is 0 Å². The van der Waals surface area contributed by atoms with E-state index in [0.29, 0.717) is 6.04 Å². The summed E-state index contributed by atoms with van der Waals surface area (Å²) >= 11 is 0. The molecule has 0 bridgehead atoms. The van der Waals surface area contributed by atoms with Crippen LogP contribution in [0.4, 0.5) is 5.69 Å². The van der Waals surface area contributed by atoms with Crippen LogP contribution < -0.4 is 10.2 Å². The minimum absolute atomic E-state index is 0.546. The number of nitrogens with zero attached hydrogens (tertiary/aromatic N) is 1. The maximum absolute atomic E-state index is 3.48. The number of rotatable bonds is 4. The van der Waals surface area contributed by atoms with E-state index in [-0.39, 0.29) is 0 Å². The average Bonchev–Trinajstić information content (AvgIpc) is 2.37. The summed E-state index contributed by atoms with van der Waals surface area (Å²) in [7, 11) is 0. The third-order valence-corrected chi connectivity index (χ3v) is 3.77. The van der Waals surface area contributed by atoms with Crippen LogP contribution in [0.25, 0.3) is 0 Å². The Morgan fingerprint density at radius 2 is 2.00 bits per heavy atom. The van der Waals surface area contributed by atoms with Gasteiger partial charge in [-0.25, -0.2) is 0 Å². The Hall–Kier alpha value is -1.02. The molecule has 0 atom stereocenters. The molecular formula is C16H26N2. The Morgan fingerprint density at radius 3 is 2.67 bits per heavy atom. The number of piperidine rings is 1. The first-order chi connectivity index (χ1) is 8.65. The van der Waals surface area contributed by atoms with Gasteiger partial charge in [-0.3, -0.25) is 0 Å². The van der Waals surface area contributed by atoms with Gasteiger partial charge in [-0.2, -0.15) is 0 Å². The van der Waals surface area contributed by atoms with Crippen molar-refractivity contribution in [2.24, 2.45) is 5.92 Å². The van der Waals surface area contributed by atoms with E-state index in [4.69, 9.17) is 0 Å². The predicted octanol–water partition coefficient (Wildman–Crippen LogP) is 3.42. The van der Waals surface area contributed by atoms with Crippen LogP contribution in [0.15, 0.2) is 24.3 Å². The summed E-state index contributed by atoms with van der Waals surface area (Å²) in [5.41, 5.74) is 2.78. The van der Waals surface area contributed by atoms with Crippen molar-refractivity contribution in [3.05, 3.63) is 29.8 Å². The molecule has 1 saturated heterocycles. The van der Waals surface area contributed by atoms with E-state index in [2.05, 4.69) is 55.3 Å². The van der Waals surface area contributed by atoms with Crippen molar-refractivity contribution in [2.75, 3.05) is 18.0 Å². The zero-order chi connectivity index (χ0) is 13.0. The van der Waals surface area contributed by atoms with Gasteiger partial charge >= 0.3 is 0 Å². The molecule has 0 saturated carbocycles. The number of anilines is 1. The van der Waals surface area contributed by atoms with Crippen molar-refractivity contribution < 1.29 is 0 Å². The Labute approximate surface area is 111 Å². The molecule has 2 nitrogen and oxygen atoms in total. The van der Waals surface area contributed by atoms with Crippen molar-refractivity contribution in [1.82, 2.24) is 5.32 Å². The number of hydrogen-bond donors (Lipinski definition) is 1. The molecule has 1 heterocycles. The van der Waals surface area contributed by atoms with E-state index < -0.39 is 0 Å². The van der Waals surface area contributed by atoms with Gasteiger partial charge in [-0.05, 0) is 36.5 Å². The van der Waals surface area contributed by atoms with Gasteiger partial charge in [0.15, 0.2) is 0 Å². The molecule has 1 N–H and O–H groups in total. The zero-order valence-corrected chi connectivity index (χ0v) is 11.9. The number of nitrogens with one attached hydrogen (secondary N) is 1. The topological polar surface area (TPSA) is 15.3 Å². The lowest BCUT2D eigenvalue weighted by atomic mass is 9.98. The standard InChI is InChI=1S/C16H26N2/c1-13(2)17-12-15-5-4-6-16(11-15)18-9-7-14(3)8-10-18/h4-6,11,13-14,17H,7-10,12H2,1-3H3. The molecule has 0 amide bonds. The first kappa shape index (κ1) is 13.4. The van der Waals surface area contributed by atoms with Crippen LogP contribution in [0, 0.1) is 5.92 Å². The summed E-state index contributed by atoms with van der Waals surface area (Å²) in [6, 6.07) is 9.53. The predicted molar refractivity (Wildman–Crippen MR) is 79.0 cm³/mol. The van der Waals surface area contributed by atoms with Crippen molar-refractivity contribution in [1.29, 1.82) is 0 Å². The van der Waals surface area contributed by atoms with Crippen LogP contribution in [0.3, 0.4) is 0 Å². The van der Waals surface area contributed by atoms with Gasteiger partial charge in [0.1, 0.15) is 0 Å². The molecule has 2 heteroatoms. The second-order valence-corrected chi connectivity index (χ2v) is 5.88. The third-order valence-electron chi connectivity index (χ3n) is 3.77. The second-order valence-electron chi connectivity index (χ2n) is 5.88. The van der Waals surface area contributed by atoms with Gasteiger partial charge in [0.05, 0.1) is 0 Å². The molecule has 1 fully saturated rings. The summed E-state index contributed by atoms with van der Waals surface area (Å²) in [5, 5.41) is 3.48. The Morgan fingerprint density at radius 1 is 1.28 bits per heavy atom. The molecular weight excluding hydrogens is 220 g/mol. The Bertz CT molecular complexity index is 365. The van der Waals surface area contributed by atoms with E-state index in [9.17, 15) is 0 Å². The fourth-order valence-corrected chi connectivity index (χ4v) is 2.45. The van der Waals surface area contributed by atoms with Crippen molar-refractivity contribution >= 4 is 5.69 Å². The molecule has 2 rings (SSSR count).